The van der Waals surface area contributed by atoms with Crippen molar-refractivity contribution in [2.75, 3.05) is 21.3 Å². The van der Waals surface area contributed by atoms with Gasteiger partial charge in [-0.05, 0) is 54.4 Å². The van der Waals surface area contributed by atoms with E-state index in [9.17, 15) is 4.79 Å². The third-order valence-electron chi connectivity index (χ3n) is 5.63. The summed E-state index contributed by atoms with van der Waals surface area (Å²) in [5.41, 5.74) is 3.45. The average molecular weight is 446 g/mol. The minimum absolute atomic E-state index is 0.159. The summed E-state index contributed by atoms with van der Waals surface area (Å²) < 4.78 is 17.9. The van der Waals surface area contributed by atoms with Crippen LogP contribution < -0.4 is 19.5 Å². The van der Waals surface area contributed by atoms with Gasteiger partial charge in [0.25, 0.3) is 5.91 Å². The molecule has 4 rings (SSSR count). The van der Waals surface area contributed by atoms with Crippen LogP contribution in [0.4, 0.5) is 0 Å². The number of amides is 1. The molecule has 0 aliphatic rings. The summed E-state index contributed by atoms with van der Waals surface area (Å²) in [4.78, 5) is 13.0. The molecule has 0 fully saturated rings. The first kappa shape index (κ1) is 22.2. The van der Waals surface area contributed by atoms with Gasteiger partial charge in [0.05, 0.1) is 45.6 Å². The van der Waals surface area contributed by atoms with Crippen LogP contribution in [-0.2, 0) is 6.54 Å². The summed E-state index contributed by atoms with van der Waals surface area (Å²) in [5.74, 6) is 1.91. The van der Waals surface area contributed by atoms with Crippen LogP contribution >= 0.6 is 0 Å². The first-order valence-electron chi connectivity index (χ1n) is 10.6. The fourth-order valence-corrected chi connectivity index (χ4v) is 3.77. The Morgan fingerprint density at radius 1 is 0.970 bits per heavy atom. The zero-order valence-electron chi connectivity index (χ0n) is 19.2. The van der Waals surface area contributed by atoms with Crippen LogP contribution in [0.25, 0.3) is 10.9 Å². The molecule has 1 amide bonds. The van der Waals surface area contributed by atoms with Gasteiger partial charge in [-0.3, -0.25) is 9.48 Å². The monoisotopic (exact) mass is 445 g/mol. The number of carbonyl (C=O) groups is 1. The standard InChI is InChI=1S/C26H27N3O4/c1-17(19-10-11-24(32-3)25(14-19)33-4)28-26(30)20-8-9-21-15-27-29(23(21)13-20)16-18-6-5-7-22(12-18)31-2/h5-15,17H,16H2,1-4H3,(H,28,30)/t17-/m1/s1. The number of hydrogen-bond acceptors (Lipinski definition) is 5. The number of hydrogen-bond donors (Lipinski definition) is 1. The lowest BCUT2D eigenvalue weighted by Crippen LogP contribution is -2.26. The van der Waals surface area contributed by atoms with E-state index >= 15 is 0 Å². The van der Waals surface area contributed by atoms with Gasteiger partial charge in [-0.1, -0.05) is 24.3 Å². The van der Waals surface area contributed by atoms with Crippen LogP contribution in [0.15, 0.2) is 66.9 Å². The van der Waals surface area contributed by atoms with Gasteiger partial charge in [0.15, 0.2) is 11.5 Å². The van der Waals surface area contributed by atoms with Crippen LogP contribution in [0.1, 0.15) is 34.5 Å². The summed E-state index contributed by atoms with van der Waals surface area (Å²) in [5, 5.41) is 8.54. The van der Waals surface area contributed by atoms with Crippen molar-refractivity contribution in [2.45, 2.75) is 19.5 Å². The predicted octanol–water partition coefficient (Wildman–Crippen LogP) is 4.60. The Hall–Kier alpha value is -4.00. The smallest absolute Gasteiger partial charge is 0.251 e. The van der Waals surface area contributed by atoms with E-state index in [1.807, 2.05) is 78.5 Å². The number of nitrogens with zero attached hydrogens (tertiary/aromatic N) is 2. The first-order valence-corrected chi connectivity index (χ1v) is 10.6. The summed E-state index contributed by atoms with van der Waals surface area (Å²) in [7, 11) is 4.84. The maximum atomic E-state index is 13.0. The van der Waals surface area contributed by atoms with Crippen molar-refractivity contribution in [2.24, 2.45) is 0 Å². The number of rotatable bonds is 8. The highest BCUT2D eigenvalue weighted by atomic mass is 16.5. The van der Waals surface area contributed by atoms with E-state index in [-0.39, 0.29) is 11.9 Å². The molecule has 0 unspecified atom stereocenters. The van der Waals surface area contributed by atoms with Gasteiger partial charge in [0.2, 0.25) is 0 Å². The van der Waals surface area contributed by atoms with Crippen LogP contribution in [-0.4, -0.2) is 37.0 Å². The van der Waals surface area contributed by atoms with E-state index in [2.05, 4.69) is 10.4 Å². The Balaban J connectivity index is 1.54. The van der Waals surface area contributed by atoms with E-state index in [1.54, 1.807) is 21.3 Å². The summed E-state index contributed by atoms with van der Waals surface area (Å²) >= 11 is 0. The Bertz CT molecular complexity index is 1280. The van der Waals surface area contributed by atoms with E-state index in [0.29, 0.717) is 23.6 Å². The summed E-state index contributed by atoms with van der Waals surface area (Å²) in [6.45, 7) is 2.51. The number of carbonyl (C=O) groups excluding carboxylic acids is 1. The van der Waals surface area contributed by atoms with Crippen molar-refractivity contribution in [3.8, 4) is 17.2 Å². The lowest BCUT2D eigenvalue weighted by molar-refractivity contribution is 0.0940. The number of nitrogens with one attached hydrogen (secondary N) is 1. The van der Waals surface area contributed by atoms with Gasteiger partial charge in [-0.25, -0.2) is 0 Å². The topological polar surface area (TPSA) is 74.6 Å². The van der Waals surface area contributed by atoms with Gasteiger partial charge in [-0.15, -0.1) is 0 Å². The highest BCUT2D eigenvalue weighted by Gasteiger charge is 2.15. The molecule has 0 saturated heterocycles. The molecule has 1 atom stereocenters. The van der Waals surface area contributed by atoms with E-state index in [4.69, 9.17) is 14.2 Å². The second-order valence-corrected chi connectivity index (χ2v) is 7.74. The highest BCUT2D eigenvalue weighted by molar-refractivity contribution is 5.98. The van der Waals surface area contributed by atoms with E-state index < -0.39 is 0 Å². The van der Waals surface area contributed by atoms with Crippen LogP contribution in [0, 0.1) is 0 Å². The Morgan fingerprint density at radius 2 is 1.79 bits per heavy atom. The van der Waals surface area contributed by atoms with Crippen LogP contribution in [0.2, 0.25) is 0 Å². The summed E-state index contributed by atoms with van der Waals surface area (Å²) in [6, 6.07) is 18.9. The summed E-state index contributed by atoms with van der Waals surface area (Å²) in [6.07, 6.45) is 1.81. The SMILES string of the molecule is COc1cccc(Cn2ncc3ccc(C(=O)N[C@H](C)c4ccc(OC)c(OC)c4)cc32)c1. The third kappa shape index (κ3) is 4.77. The molecule has 1 aromatic heterocycles. The van der Waals surface area contributed by atoms with Crippen molar-refractivity contribution in [1.29, 1.82) is 0 Å². The zero-order chi connectivity index (χ0) is 23.4. The second-order valence-electron chi connectivity index (χ2n) is 7.74. The number of benzene rings is 3. The molecule has 170 valence electrons. The molecule has 0 radical (unpaired) electrons. The fourth-order valence-electron chi connectivity index (χ4n) is 3.77. The Morgan fingerprint density at radius 3 is 2.55 bits per heavy atom. The zero-order valence-corrected chi connectivity index (χ0v) is 19.2. The van der Waals surface area contributed by atoms with Crippen LogP contribution in [0.3, 0.4) is 0 Å². The first-order chi connectivity index (χ1) is 16.0. The Kier molecular flexibility index (Phi) is 6.49. The van der Waals surface area contributed by atoms with Gasteiger partial charge >= 0.3 is 0 Å². The normalized spacial score (nSPS) is 11.8. The van der Waals surface area contributed by atoms with Crippen molar-refractivity contribution < 1.29 is 19.0 Å². The van der Waals surface area contributed by atoms with Gasteiger partial charge < -0.3 is 19.5 Å². The minimum atomic E-state index is -0.213. The molecule has 0 aliphatic carbocycles. The van der Waals surface area contributed by atoms with Crippen molar-refractivity contribution in [1.82, 2.24) is 15.1 Å². The molecule has 33 heavy (non-hydrogen) atoms. The number of methoxy groups -OCH3 is 3. The van der Waals surface area contributed by atoms with Crippen LogP contribution in [0.5, 0.6) is 17.2 Å². The molecule has 0 spiro atoms. The molecule has 7 nitrogen and oxygen atoms in total. The van der Waals surface area contributed by atoms with Crippen molar-refractivity contribution in [3.05, 3.63) is 83.6 Å². The maximum Gasteiger partial charge on any atom is 0.251 e. The molecule has 0 aliphatic heterocycles. The molecule has 3 aromatic carbocycles. The largest absolute Gasteiger partial charge is 0.497 e. The maximum absolute atomic E-state index is 13.0. The molecular weight excluding hydrogens is 418 g/mol. The quantitative estimate of drug-likeness (QED) is 0.429. The third-order valence-corrected chi connectivity index (χ3v) is 5.63. The van der Waals surface area contributed by atoms with Crippen molar-refractivity contribution >= 4 is 16.8 Å². The average Bonchev–Trinajstić information content (AvgIpc) is 3.25. The number of fused-ring (bicyclic) bond motifs is 1. The minimum Gasteiger partial charge on any atom is -0.497 e. The van der Waals surface area contributed by atoms with E-state index in [0.717, 1.165) is 27.8 Å². The predicted molar refractivity (Wildman–Crippen MR) is 127 cm³/mol. The molecule has 1 N–H and O–H groups in total. The number of aromatic nitrogens is 2. The fraction of sp³-hybridized carbons (Fsp3) is 0.231. The van der Waals surface area contributed by atoms with E-state index in [1.165, 1.54) is 0 Å². The second kappa shape index (κ2) is 9.65. The molecule has 7 heteroatoms. The van der Waals surface area contributed by atoms with Gasteiger partial charge in [-0.2, -0.15) is 5.10 Å². The number of ether oxygens (including phenoxy) is 3. The lowest BCUT2D eigenvalue weighted by Gasteiger charge is -2.17. The highest BCUT2D eigenvalue weighted by Crippen LogP contribution is 2.30. The molecule has 4 aromatic rings. The van der Waals surface area contributed by atoms with Crippen molar-refractivity contribution in [3.63, 3.8) is 0 Å². The lowest BCUT2D eigenvalue weighted by atomic mass is 10.1. The molecule has 0 bridgehead atoms. The van der Waals surface area contributed by atoms with Gasteiger partial charge in [0.1, 0.15) is 5.75 Å². The molecule has 1 heterocycles. The molecular formula is C26H27N3O4. The molecule has 0 saturated carbocycles. The van der Waals surface area contributed by atoms with Gasteiger partial charge in [0, 0.05) is 10.9 Å². The Labute approximate surface area is 192 Å².